The molecule has 0 radical (unpaired) electrons. The molecule has 0 aliphatic heterocycles. The van der Waals surface area contributed by atoms with Gasteiger partial charge in [-0.3, -0.25) is 10.1 Å². The quantitative estimate of drug-likeness (QED) is 0.625. The zero-order valence-corrected chi connectivity index (χ0v) is 11.1. The molecule has 1 atom stereocenters. The van der Waals surface area contributed by atoms with Gasteiger partial charge in [0.2, 0.25) is 5.82 Å². The number of aromatic nitrogens is 1. The lowest BCUT2D eigenvalue weighted by molar-refractivity contribution is -0.384. The van der Waals surface area contributed by atoms with Gasteiger partial charge in [-0.15, -0.1) is 0 Å². The second-order valence-corrected chi connectivity index (χ2v) is 4.69. The zero-order chi connectivity index (χ0) is 12.8. The van der Waals surface area contributed by atoms with Crippen molar-refractivity contribution in [1.82, 2.24) is 4.98 Å². The van der Waals surface area contributed by atoms with E-state index in [1.54, 1.807) is 17.8 Å². The summed E-state index contributed by atoms with van der Waals surface area (Å²) in [5.74, 6) is 1.28. The minimum absolute atomic E-state index is 0.0372. The van der Waals surface area contributed by atoms with Crippen LogP contribution in [-0.4, -0.2) is 28.0 Å². The normalized spacial score (nSPS) is 12.2. The molecule has 1 unspecified atom stereocenters. The molecular formula is C11H17N3O2S. The van der Waals surface area contributed by atoms with Crippen molar-refractivity contribution in [2.75, 3.05) is 17.3 Å². The minimum atomic E-state index is -0.402. The van der Waals surface area contributed by atoms with Crippen LogP contribution in [0.3, 0.4) is 0 Å². The molecule has 1 heterocycles. The third kappa shape index (κ3) is 3.89. The summed E-state index contributed by atoms with van der Waals surface area (Å²) in [7, 11) is 0. The first kappa shape index (κ1) is 13.8. The van der Waals surface area contributed by atoms with Crippen LogP contribution in [0.25, 0.3) is 0 Å². The number of thioether (sulfide) groups is 1. The third-order valence-corrected chi connectivity index (χ3v) is 3.15. The van der Waals surface area contributed by atoms with Crippen molar-refractivity contribution in [3.8, 4) is 0 Å². The van der Waals surface area contributed by atoms with Gasteiger partial charge in [0, 0.05) is 23.6 Å². The van der Waals surface area contributed by atoms with E-state index in [4.69, 9.17) is 0 Å². The van der Waals surface area contributed by atoms with Crippen LogP contribution in [0.15, 0.2) is 12.1 Å². The molecule has 0 aliphatic rings. The Bertz CT molecular complexity index is 398. The van der Waals surface area contributed by atoms with Crippen LogP contribution in [0.1, 0.15) is 19.0 Å². The average Bonchev–Trinajstić information content (AvgIpc) is 2.28. The fourth-order valence-electron chi connectivity index (χ4n) is 1.46. The van der Waals surface area contributed by atoms with E-state index in [-0.39, 0.29) is 11.7 Å². The van der Waals surface area contributed by atoms with Crippen LogP contribution < -0.4 is 5.32 Å². The molecule has 0 saturated carbocycles. The topological polar surface area (TPSA) is 68.1 Å². The molecule has 1 N–H and O–H groups in total. The van der Waals surface area contributed by atoms with E-state index in [1.165, 1.54) is 6.07 Å². The molecule has 0 amide bonds. The summed E-state index contributed by atoms with van der Waals surface area (Å²) in [6.07, 6.45) is 2.93. The highest BCUT2D eigenvalue weighted by Gasteiger charge is 2.17. The average molecular weight is 255 g/mol. The van der Waals surface area contributed by atoms with Crippen molar-refractivity contribution in [3.05, 3.63) is 27.9 Å². The maximum Gasteiger partial charge on any atom is 0.311 e. The number of hydrogen-bond acceptors (Lipinski definition) is 5. The molecule has 6 heteroatoms. The van der Waals surface area contributed by atoms with Gasteiger partial charge >= 0.3 is 5.69 Å². The maximum absolute atomic E-state index is 10.9. The van der Waals surface area contributed by atoms with Gasteiger partial charge in [-0.05, 0) is 25.7 Å². The van der Waals surface area contributed by atoms with Crippen LogP contribution >= 0.6 is 11.8 Å². The highest BCUT2D eigenvalue weighted by Crippen LogP contribution is 2.23. The van der Waals surface area contributed by atoms with Crippen LogP contribution in [0, 0.1) is 17.0 Å². The van der Waals surface area contributed by atoms with E-state index in [1.807, 2.05) is 13.2 Å². The minimum Gasteiger partial charge on any atom is -0.361 e. The molecule has 1 rings (SSSR count). The van der Waals surface area contributed by atoms with Gasteiger partial charge in [0.25, 0.3) is 0 Å². The number of pyridine rings is 1. The van der Waals surface area contributed by atoms with Gasteiger partial charge in [0.1, 0.15) is 0 Å². The van der Waals surface area contributed by atoms with Gasteiger partial charge < -0.3 is 5.32 Å². The fourth-order valence-corrected chi connectivity index (χ4v) is 2.18. The molecule has 0 saturated heterocycles. The fraction of sp³-hybridized carbons (Fsp3) is 0.545. The predicted octanol–water partition coefficient (Wildman–Crippen LogP) is 2.85. The molecule has 5 nitrogen and oxygen atoms in total. The van der Waals surface area contributed by atoms with E-state index in [0.29, 0.717) is 5.82 Å². The predicted molar refractivity (Wildman–Crippen MR) is 71.7 cm³/mol. The summed E-state index contributed by atoms with van der Waals surface area (Å²) in [5.41, 5.74) is 0.812. The zero-order valence-electron chi connectivity index (χ0n) is 10.3. The van der Waals surface area contributed by atoms with Gasteiger partial charge in [-0.2, -0.15) is 11.8 Å². The smallest absolute Gasteiger partial charge is 0.311 e. The summed E-state index contributed by atoms with van der Waals surface area (Å²) < 4.78 is 0. The van der Waals surface area contributed by atoms with E-state index in [0.717, 1.165) is 17.9 Å². The van der Waals surface area contributed by atoms with E-state index in [2.05, 4.69) is 17.2 Å². The molecular weight excluding hydrogens is 238 g/mol. The van der Waals surface area contributed by atoms with Crippen molar-refractivity contribution in [3.63, 3.8) is 0 Å². The van der Waals surface area contributed by atoms with Crippen LogP contribution in [0.2, 0.25) is 0 Å². The number of aryl methyl sites for hydroxylation is 1. The molecule has 0 aliphatic carbocycles. The van der Waals surface area contributed by atoms with Gasteiger partial charge in [0.15, 0.2) is 0 Å². The molecule has 1 aromatic heterocycles. The molecule has 0 aromatic carbocycles. The summed E-state index contributed by atoms with van der Waals surface area (Å²) >= 11 is 1.71. The monoisotopic (exact) mass is 255 g/mol. The molecule has 0 spiro atoms. The Morgan fingerprint density at radius 3 is 2.82 bits per heavy atom. The van der Waals surface area contributed by atoms with Crippen molar-refractivity contribution in [2.24, 2.45) is 0 Å². The third-order valence-electron chi connectivity index (χ3n) is 2.41. The maximum atomic E-state index is 10.9. The Balaban J connectivity index is 2.94. The number of nitrogens with one attached hydrogen (secondary N) is 1. The molecule has 1 aromatic rings. The van der Waals surface area contributed by atoms with Crippen molar-refractivity contribution < 1.29 is 4.92 Å². The summed E-state index contributed by atoms with van der Waals surface area (Å²) in [4.78, 5) is 14.7. The first-order valence-electron chi connectivity index (χ1n) is 5.46. The standard InChI is InChI=1S/C11H17N3O2S/c1-4-9(7-17-3)13-11-10(14(15)16)6-5-8(2)12-11/h5-6,9H,4,7H2,1-3H3,(H,12,13). The first-order valence-corrected chi connectivity index (χ1v) is 6.85. The van der Waals surface area contributed by atoms with Crippen LogP contribution in [-0.2, 0) is 0 Å². The second kappa shape index (κ2) is 6.44. The molecule has 94 valence electrons. The Labute approximate surface area is 105 Å². The Morgan fingerprint density at radius 1 is 1.59 bits per heavy atom. The van der Waals surface area contributed by atoms with Crippen molar-refractivity contribution in [2.45, 2.75) is 26.3 Å². The van der Waals surface area contributed by atoms with E-state index >= 15 is 0 Å². The van der Waals surface area contributed by atoms with Gasteiger partial charge in [0.05, 0.1) is 4.92 Å². The number of anilines is 1. The molecule has 0 bridgehead atoms. The van der Waals surface area contributed by atoms with Crippen molar-refractivity contribution >= 4 is 23.3 Å². The second-order valence-electron chi connectivity index (χ2n) is 3.78. The largest absolute Gasteiger partial charge is 0.361 e. The van der Waals surface area contributed by atoms with Crippen LogP contribution in [0.4, 0.5) is 11.5 Å². The highest BCUT2D eigenvalue weighted by molar-refractivity contribution is 7.98. The number of hydrogen-bond donors (Lipinski definition) is 1. The Kier molecular flexibility index (Phi) is 5.21. The van der Waals surface area contributed by atoms with E-state index < -0.39 is 4.92 Å². The Hall–Kier alpha value is -1.30. The summed E-state index contributed by atoms with van der Waals surface area (Å²) in [6, 6.07) is 3.35. The summed E-state index contributed by atoms with van der Waals surface area (Å²) in [6.45, 7) is 3.87. The van der Waals surface area contributed by atoms with E-state index in [9.17, 15) is 10.1 Å². The lowest BCUT2D eigenvalue weighted by Crippen LogP contribution is -2.22. The first-order chi connectivity index (χ1) is 8.08. The number of nitrogens with zero attached hydrogens (tertiary/aromatic N) is 2. The lowest BCUT2D eigenvalue weighted by Gasteiger charge is -2.16. The number of nitro groups is 1. The van der Waals surface area contributed by atoms with Crippen LogP contribution in [0.5, 0.6) is 0 Å². The van der Waals surface area contributed by atoms with Crippen molar-refractivity contribution in [1.29, 1.82) is 0 Å². The summed E-state index contributed by atoms with van der Waals surface area (Å²) in [5, 5.41) is 14.0. The number of rotatable bonds is 6. The molecule has 17 heavy (non-hydrogen) atoms. The molecule has 0 fully saturated rings. The highest BCUT2D eigenvalue weighted by atomic mass is 32.2. The Morgan fingerprint density at radius 2 is 2.29 bits per heavy atom. The lowest BCUT2D eigenvalue weighted by atomic mass is 10.2. The van der Waals surface area contributed by atoms with Gasteiger partial charge in [-0.1, -0.05) is 6.92 Å². The van der Waals surface area contributed by atoms with Gasteiger partial charge in [-0.25, -0.2) is 4.98 Å². The SMILES string of the molecule is CCC(CSC)Nc1nc(C)ccc1[N+](=O)[O-].